The van der Waals surface area contributed by atoms with Gasteiger partial charge in [-0.25, -0.2) is 9.97 Å². The van der Waals surface area contributed by atoms with Crippen molar-refractivity contribution in [3.8, 4) is 34.3 Å². The molecular formula is C25H25N3O4. The fourth-order valence-electron chi connectivity index (χ4n) is 3.59. The van der Waals surface area contributed by atoms with E-state index in [1.54, 1.807) is 26.4 Å². The van der Waals surface area contributed by atoms with Gasteiger partial charge in [0.15, 0.2) is 0 Å². The van der Waals surface area contributed by atoms with E-state index in [2.05, 4.69) is 27.4 Å². The Morgan fingerprint density at radius 3 is 2.34 bits per heavy atom. The summed E-state index contributed by atoms with van der Waals surface area (Å²) in [5.41, 5.74) is 3.74. The maximum Gasteiger partial charge on any atom is 0.230 e. The first kappa shape index (κ1) is 21.5. The molecule has 0 atom stereocenters. The van der Waals surface area contributed by atoms with E-state index in [1.807, 2.05) is 36.4 Å². The Balaban J connectivity index is 1.72. The van der Waals surface area contributed by atoms with Crippen LogP contribution in [0.25, 0.3) is 22.0 Å². The van der Waals surface area contributed by atoms with Crippen LogP contribution in [-0.2, 0) is 6.54 Å². The SMILES string of the molecule is COc1cc(Oc2ncnc3c(-c4ccccc4)cccc23)cc(OC)c1CNCCO. The van der Waals surface area contributed by atoms with Crippen molar-refractivity contribution in [1.82, 2.24) is 15.3 Å². The number of aliphatic hydroxyl groups excluding tert-OH is 1. The van der Waals surface area contributed by atoms with E-state index in [4.69, 9.17) is 19.3 Å². The molecule has 32 heavy (non-hydrogen) atoms. The van der Waals surface area contributed by atoms with E-state index in [9.17, 15) is 0 Å². The van der Waals surface area contributed by atoms with Gasteiger partial charge in [-0.3, -0.25) is 0 Å². The first-order chi connectivity index (χ1) is 15.7. The van der Waals surface area contributed by atoms with Crippen molar-refractivity contribution in [3.63, 3.8) is 0 Å². The molecular weight excluding hydrogens is 406 g/mol. The molecule has 0 bridgehead atoms. The number of fused-ring (bicyclic) bond motifs is 1. The summed E-state index contributed by atoms with van der Waals surface area (Å²) in [7, 11) is 3.20. The van der Waals surface area contributed by atoms with Gasteiger partial charge in [-0.05, 0) is 11.6 Å². The van der Waals surface area contributed by atoms with Crippen molar-refractivity contribution in [2.24, 2.45) is 0 Å². The molecule has 0 saturated carbocycles. The largest absolute Gasteiger partial charge is 0.496 e. The van der Waals surface area contributed by atoms with Crippen LogP contribution in [0, 0.1) is 0 Å². The summed E-state index contributed by atoms with van der Waals surface area (Å²) in [6, 6.07) is 19.6. The minimum absolute atomic E-state index is 0.0532. The molecule has 7 nitrogen and oxygen atoms in total. The molecule has 0 aliphatic carbocycles. The lowest BCUT2D eigenvalue weighted by atomic mass is 10.0. The summed E-state index contributed by atoms with van der Waals surface area (Å²) in [4.78, 5) is 8.89. The molecule has 0 unspecified atom stereocenters. The van der Waals surface area contributed by atoms with Gasteiger partial charge in [0.2, 0.25) is 5.88 Å². The van der Waals surface area contributed by atoms with Crippen LogP contribution in [0.3, 0.4) is 0 Å². The van der Waals surface area contributed by atoms with E-state index in [0.717, 1.165) is 27.6 Å². The van der Waals surface area contributed by atoms with Gasteiger partial charge in [-0.15, -0.1) is 0 Å². The number of benzene rings is 3. The van der Waals surface area contributed by atoms with Crippen LogP contribution in [0.4, 0.5) is 0 Å². The maximum absolute atomic E-state index is 9.03. The standard InChI is InChI=1S/C25H25N3O4/c1-30-22-13-18(14-23(31-2)21(22)15-26-11-12-29)32-25-20-10-6-9-19(24(20)27-16-28-25)17-7-4-3-5-8-17/h3-10,13-14,16,26,29H,11-12,15H2,1-2H3. The number of aliphatic hydroxyl groups is 1. The molecule has 4 aromatic rings. The Morgan fingerprint density at radius 1 is 0.906 bits per heavy atom. The second-order valence-corrected chi connectivity index (χ2v) is 7.06. The lowest BCUT2D eigenvalue weighted by Crippen LogP contribution is -2.18. The predicted molar refractivity (Wildman–Crippen MR) is 123 cm³/mol. The van der Waals surface area contributed by atoms with Gasteiger partial charge in [0.25, 0.3) is 0 Å². The Bertz CT molecular complexity index is 1170. The molecule has 3 aromatic carbocycles. The number of rotatable bonds is 9. The fourth-order valence-corrected chi connectivity index (χ4v) is 3.59. The molecule has 4 rings (SSSR count). The summed E-state index contributed by atoms with van der Waals surface area (Å²) >= 11 is 0. The second-order valence-electron chi connectivity index (χ2n) is 7.06. The van der Waals surface area contributed by atoms with Crippen molar-refractivity contribution < 1.29 is 19.3 Å². The van der Waals surface area contributed by atoms with E-state index >= 15 is 0 Å². The Morgan fingerprint density at radius 2 is 1.66 bits per heavy atom. The Kier molecular flexibility index (Phi) is 6.79. The number of hydrogen-bond acceptors (Lipinski definition) is 7. The van der Waals surface area contributed by atoms with E-state index in [1.165, 1.54) is 6.33 Å². The first-order valence-electron chi connectivity index (χ1n) is 10.3. The van der Waals surface area contributed by atoms with Gasteiger partial charge in [0.1, 0.15) is 23.6 Å². The number of nitrogens with one attached hydrogen (secondary N) is 1. The third kappa shape index (κ3) is 4.49. The number of aromatic nitrogens is 2. The molecule has 1 heterocycles. The van der Waals surface area contributed by atoms with Crippen LogP contribution >= 0.6 is 0 Å². The number of hydrogen-bond donors (Lipinski definition) is 2. The minimum Gasteiger partial charge on any atom is -0.496 e. The topological polar surface area (TPSA) is 85.7 Å². The summed E-state index contributed by atoms with van der Waals surface area (Å²) in [5, 5.41) is 13.0. The van der Waals surface area contributed by atoms with E-state index < -0.39 is 0 Å². The van der Waals surface area contributed by atoms with Crippen molar-refractivity contribution in [2.45, 2.75) is 6.54 Å². The fraction of sp³-hybridized carbons (Fsp3) is 0.200. The molecule has 0 spiro atoms. The highest BCUT2D eigenvalue weighted by molar-refractivity contribution is 5.96. The van der Waals surface area contributed by atoms with Gasteiger partial charge >= 0.3 is 0 Å². The van der Waals surface area contributed by atoms with Crippen molar-refractivity contribution >= 4 is 10.9 Å². The predicted octanol–water partition coefficient (Wildman–Crippen LogP) is 4.19. The second kappa shape index (κ2) is 10.1. The van der Waals surface area contributed by atoms with Gasteiger partial charge < -0.3 is 24.6 Å². The highest BCUT2D eigenvalue weighted by Gasteiger charge is 2.16. The van der Waals surface area contributed by atoms with Gasteiger partial charge in [-0.1, -0.05) is 42.5 Å². The number of ether oxygens (including phenoxy) is 3. The zero-order chi connectivity index (χ0) is 22.3. The van der Waals surface area contributed by atoms with Crippen LogP contribution in [0.15, 0.2) is 67.0 Å². The monoisotopic (exact) mass is 431 g/mol. The molecule has 2 N–H and O–H groups in total. The van der Waals surface area contributed by atoms with Crippen molar-refractivity contribution in [2.75, 3.05) is 27.4 Å². The average Bonchev–Trinajstić information content (AvgIpc) is 2.85. The molecule has 7 heteroatoms. The molecule has 164 valence electrons. The Labute approximate surface area is 186 Å². The molecule has 0 fully saturated rings. The third-order valence-electron chi connectivity index (χ3n) is 5.10. The van der Waals surface area contributed by atoms with Crippen LogP contribution in [0.2, 0.25) is 0 Å². The van der Waals surface area contributed by atoms with Crippen LogP contribution < -0.4 is 19.5 Å². The van der Waals surface area contributed by atoms with Crippen LogP contribution in [0.1, 0.15) is 5.56 Å². The number of nitrogens with zero attached hydrogens (tertiary/aromatic N) is 2. The van der Waals surface area contributed by atoms with Crippen LogP contribution in [0.5, 0.6) is 23.1 Å². The van der Waals surface area contributed by atoms with E-state index in [-0.39, 0.29) is 6.61 Å². The summed E-state index contributed by atoms with van der Waals surface area (Å²) < 4.78 is 17.3. The van der Waals surface area contributed by atoms with Gasteiger partial charge in [-0.2, -0.15) is 0 Å². The molecule has 0 saturated heterocycles. The molecule has 0 radical (unpaired) electrons. The Hall–Kier alpha value is -3.68. The average molecular weight is 431 g/mol. The van der Waals surface area contributed by atoms with Crippen molar-refractivity contribution in [3.05, 3.63) is 72.6 Å². The highest BCUT2D eigenvalue weighted by atomic mass is 16.5. The summed E-state index contributed by atoms with van der Waals surface area (Å²) in [6.45, 7) is 1.02. The normalized spacial score (nSPS) is 10.8. The molecule has 0 amide bonds. The molecule has 1 aromatic heterocycles. The number of para-hydroxylation sites is 1. The maximum atomic E-state index is 9.03. The zero-order valence-electron chi connectivity index (χ0n) is 18.0. The summed E-state index contributed by atoms with van der Waals surface area (Å²) in [5.74, 6) is 2.22. The lowest BCUT2D eigenvalue weighted by Gasteiger charge is -2.16. The molecule has 0 aliphatic rings. The van der Waals surface area contributed by atoms with E-state index in [0.29, 0.717) is 36.2 Å². The number of methoxy groups -OCH3 is 2. The smallest absolute Gasteiger partial charge is 0.230 e. The highest BCUT2D eigenvalue weighted by Crippen LogP contribution is 2.38. The van der Waals surface area contributed by atoms with Crippen LogP contribution in [-0.4, -0.2) is 42.4 Å². The zero-order valence-corrected chi connectivity index (χ0v) is 18.0. The summed E-state index contributed by atoms with van der Waals surface area (Å²) in [6.07, 6.45) is 1.51. The quantitative estimate of drug-likeness (QED) is 0.384. The molecule has 0 aliphatic heterocycles. The third-order valence-corrected chi connectivity index (χ3v) is 5.10. The first-order valence-corrected chi connectivity index (χ1v) is 10.3. The van der Waals surface area contributed by atoms with Gasteiger partial charge in [0, 0.05) is 30.8 Å². The lowest BCUT2D eigenvalue weighted by molar-refractivity contribution is 0.290. The van der Waals surface area contributed by atoms with Gasteiger partial charge in [0.05, 0.1) is 37.3 Å². The van der Waals surface area contributed by atoms with Crippen molar-refractivity contribution in [1.29, 1.82) is 0 Å². The minimum atomic E-state index is 0.0532.